The van der Waals surface area contributed by atoms with E-state index in [0.717, 1.165) is 16.3 Å². The summed E-state index contributed by atoms with van der Waals surface area (Å²) in [6.07, 6.45) is 1.57. The number of hydrogen-bond acceptors (Lipinski definition) is 7. The molecule has 11 heteroatoms. The van der Waals surface area contributed by atoms with Gasteiger partial charge in [-0.25, -0.2) is 13.8 Å². The number of rotatable bonds is 11. The van der Waals surface area contributed by atoms with Gasteiger partial charge in [-0.3, -0.25) is 4.79 Å². The summed E-state index contributed by atoms with van der Waals surface area (Å²) in [5, 5.41) is 5.63. The Labute approximate surface area is 240 Å². The van der Waals surface area contributed by atoms with E-state index in [1.54, 1.807) is 36.4 Å². The topological polar surface area (TPSA) is 131 Å². The third-order valence-corrected chi connectivity index (χ3v) is 8.85. The number of amides is 1. The van der Waals surface area contributed by atoms with Gasteiger partial charge in [0, 0.05) is 0 Å². The lowest BCUT2D eigenvalue weighted by Gasteiger charge is -2.19. The summed E-state index contributed by atoms with van der Waals surface area (Å²) in [6.45, 7) is 5.60. The van der Waals surface area contributed by atoms with Gasteiger partial charge in [0.2, 0.25) is 10.0 Å². The number of carbonyl (C=O) groups is 1. The number of sulfonamides is 1. The molecule has 0 bridgehead atoms. The normalized spacial score (nSPS) is 13.0. The summed E-state index contributed by atoms with van der Waals surface area (Å²) in [6, 6.07) is 23.6. The summed E-state index contributed by atoms with van der Waals surface area (Å²) in [4.78, 5) is 13.0. The Balaban J connectivity index is 1.44. The lowest BCUT2D eigenvalue weighted by atomic mass is 10.0. The van der Waals surface area contributed by atoms with Gasteiger partial charge < -0.3 is 4.18 Å². The van der Waals surface area contributed by atoms with Gasteiger partial charge in [-0.2, -0.15) is 18.2 Å². The molecule has 0 aliphatic heterocycles. The number of hydrazone groups is 1. The third kappa shape index (κ3) is 8.00. The predicted octanol–water partition coefficient (Wildman–Crippen LogP) is 4.76. The van der Waals surface area contributed by atoms with Crippen LogP contribution in [-0.4, -0.2) is 35.0 Å². The molecule has 1 atom stereocenters. The van der Waals surface area contributed by atoms with Crippen molar-refractivity contribution in [1.82, 2.24) is 10.1 Å². The SMILES string of the molecule is Cc1ccc(S(=O)(=O)N[C@@H](CC(C)C)C(=O)N/N=C\c2cccc(OS(=O)(=O)c3ccc4ccccc4c3)c2)cc1. The zero-order valence-electron chi connectivity index (χ0n) is 22.8. The van der Waals surface area contributed by atoms with Gasteiger partial charge in [-0.05, 0) is 72.0 Å². The Morgan fingerprint density at radius 1 is 0.854 bits per heavy atom. The van der Waals surface area contributed by atoms with Crippen LogP contribution in [0.4, 0.5) is 0 Å². The summed E-state index contributed by atoms with van der Waals surface area (Å²) < 4.78 is 59.3. The Morgan fingerprint density at radius 2 is 1.54 bits per heavy atom. The van der Waals surface area contributed by atoms with Crippen molar-refractivity contribution in [2.75, 3.05) is 0 Å². The molecule has 0 radical (unpaired) electrons. The van der Waals surface area contributed by atoms with E-state index in [0.29, 0.717) is 5.56 Å². The van der Waals surface area contributed by atoms with Crippen LogP contribution in [-0.2, 0) is 24.9 Å². The second-order valence-electron chi connectivity index (χ2n) is 9.97. The molecule has 0 heterocycles. The van der Waals surface area contributed by atoms with Crippen molar-refractivity contribution >= 4 is 43.0 Å². The molecule has 0 saturated heterocycles. The Bertz CT molecular complexity index is 1780. The molecule has 0 aromatic heterocycles. The monoisotopic (exact) mass is 593 g/mol. The maximum Gasteiger partial charge on any atom is 0.339 e. The highest BCUT2D eigenvalue weighted by atomic mass is 32.2. The summed E-state index contributed by atoms with van der Waals surface area (Å²) >= 11 is 0. The van der Waals surface area contributed by atoms with Crippen molar-refractivity contribution in [3.63, 3.8) is 0 Å². The fraction of sp³-hybridized carbons (Fsp3) is 0.200. The molecule has 0 fully saturated rings. The maximum atomic E-state index is 12.9. The minimum Gasteiger partial charge on any atom is -0.379 e. The molecule has 0 spiro atoms. The second kappa shape index (κ2) is 12.6. The van der Waals surface area contributed by atoms with E-state index in [1.807, 2.05) is 45.0 Å². The molecule has 4 aromatic rings. The Morgan fingerprint density at radius 3 is 2.24 bits per heavy atom. The van der Waals surface area contributed by atoms with Crippen LogP contribution in [0.25, 0.3) is 10.8 Å². The average Bonchev–Trinajstić information content (AvgIpc) is 2.92. The van der Waals surface area contributed by atoms with Crippen LogP contribution in [0.5, 0.6) is 5.75 Å². The van der Waals surface area contributed by atoms with E-state index in [2.05, 4.69) is 15.2 Å². The van der Waals surface area contributed by atoms with Crippen LogP contribution in [0.1, 0.15) is 31.4 Å². The van der Waals surface area contributed by atoms with Crippen LogP contribution in [0.3, 0.4) is 0 Å². The predicted molar refractivity (Wildman–Crippen MR) is 159 cm³/mol. The van der Waals surface area contributed by atoms with Crippen molar-refractivity contribution in [3.05, 3.63) is 102 Å². The van der Waals surface area contributed by atoms with Crippen LogP contribution < -0.4 is 14.3 Å². The fourth-order valence-corrected chi connectivity index (χ4v) is 6.21. The molecule has 4 rings (SSSR count). The molecule has 9 nitrogen and oxygen atoms in total. The van der Waals surface area contributed by atoms with Crippen LogP contribution in [0.15, 0.2) is 106 Å². The van der Waals surface area contributed by atoms with Gasteiger partial charge >= 0.3 is 10.1 Å². The van der Waals surface area contributed by atoms with E-state index >= 15 is 0 Å². The molecule has 0 saturated carbocycles. The number of fused-ring (bicyclic) bond motifs is 1. The van der Waals surface area contributed by atoms with E-state index < -0.39 is 32.1 Å². The van der Waals surface area contributed by atoms with Crippen molar-refractivity contribution in [1.29, 1.82) is 0 Å². The Kier molecular flexibility index (Phi) is 9.21. The standard InChI is InChI=1S/C30H31N3O6S2/c1-21(2)17-29(33-40(35,36)27-14-11-22(3)12-15-27)30(34)32-31-20-23-7-6-10-26(18-23)39-41(37,38)28-16-13-24-8-4-5-9-25(24)19-28/h4-16,18-21,29,33H,17H2,1-3H3,(H,32,34)/b31-20-/t29-/m0/s1. The van der Waals surface area contributed by atoms with Gasteiger partial charge in [0.1, 0.15) is 16.7 Å². The van der Waals surface area contributed by atoms with Gasteiger partial charge in [0.25, 0.3) is 5.91 Å². The first-order valence-corrected chi connectivity index (χ1v) is 15.8. The van der Waals surface area contributed by atoms with Crippen molar-refractivity contribution in [3.8, 4) is 5.75 Å². The van der Waals surface area contributed by atoms with Crippen LogP contribution >= 0.6 is 0 Å². The van der Waals surface area contributed by atoms with Crippen molar-refractivity contribution in [2.45, 2.75) is 43.0 Å². The number of carbonyl (C=O) groups excluding carboxylic acids is 1. The van der Waals surface area contributed by atoms with E-state index in [4.69, 9.17) is 4.18 Å². The zero-order valence-corrected chi connectivity index (χ0v) is 24.4. The summed E-state index contributed by atoms with van der Waals surface area (Å²) in [5.74, 6) is -0.539. The molecule has 1 amide bonds. The first kappa shape index (κ1) is 29.9. The van der Waals surface area contributed by atoms with Gasteiger partial charge in [-0.15, -0.1) is 0 Å². The number of benzene rings is 4. The van der Waals surface area contributed by atoms with E-state index in [-0.39, 0.29) is 27.9 Å². The van der Waals surface area contributed by atoms with Crippen molar-refractivity contribution in [2.24, 2.45) is 11.0 Å². The molecule has 214 valence electrons. The number of nitrogens with one attached hydrogen (secondary N) is 2. The largest absolute Gasteiger partial charge is 0.379 e. The molecule has 0 unspecified atom stereocenters. The molecule has 41 heavy (non-hydrogen) atoms. The lowest BCUT2D eigenvalue weighted by molar-refractivity contribution is -0.123. The van der Waals surface area contributed by atoms with Gasteiger partial charge in [0.15, 0.2) is 0 Å². The first-order chi connectivity index (χ1) is 19.4. The quantitative estimate of drug-likeness (QED) is 0.147. The van der Waals surface area contributed by atoms with Crippen LogP contribution in [0, 0.1) is 12.8 Å². The molecule has 2 N–H and O–H groups in total. The highest BCUT2D eigenvalue weighted by Gasteiger charge is 2.26. The van der Waals surface area contributed by atoms with E-state index in [1.165, 1.54) is 36.5 Å². The minimum atomic E-state index is -4.10. The number of hydrogen-bond donors (Lipinski definition) is 2. The maximum absolute atomic E-state index is 12.9. The molecular formula is C30H31N3O6S2. The highest BCUT2D eigenvalue weighted by Crippen LogP contribution is 2.23. The van der Waals surface area contributed by atoms with E-state index in [9.17, 15) is 21.6 Å². The van der Waals surface area contributed by atoms with Gasteiger partial charge in [-0.1, -0.05) is 74.0 Å². The smallest absolute Gasteiger partial charge is 0.339 e. The molecule has 0 aliphatic carbocycles. The summed E-state index contributed by atoms with van der Waals surface area (Å²) in [7, 11) is -8.04. The molecular weight excluding hydrogens is 562 g/mol. The molecule has 0 aliphatic rings. The average molecular weight is 594 g/mol. The van der Waals surface area contributed by atoms with Crippen molar-refractivity contribution < 1.29 is 25.8 Å². The Hall–Kier alpha value is -4.06. The molecule has 4 aromatic carbocycles. The summed E-state index contributed by atoms with van der Waals surface area (Å²) in [5.41, 5.74) is 3.74. The lowest BCUT2D eigenvalue weighted by Crippen LogP contribution is -2.46. The third-order valence-electron chi connectivity index (χ3n) is 6.11. The highest BCUT2D eigenvalue weighted by molar-refractivity contribution is 7.89. The van der Waals surface area contributed by atoms with Gasteiger partial charge in [0.05, 0.1) is 11.1 Å². The zero-order chi connectivity index (χ0) is 29.6. The first-order valence-electron chi connectivity index (χ1n) is 12.9. The second-order valence-corrected chi connectivity index (χ2v) is 13.2. The number of aryl methyl sites for hydroxylation is 1. The van der Waals surface area contributed by atoms with Crippen LogP contribution in [0.2, 0.25) is 0 Å². The number of nitrogens with zero attached hydrogens (tertiary/aromatic N) is 1. The fourth-order valence-electron chi connectivity index (χ4n) is 4.05. The minimum absolute atomic E-state index is 0.0202.